The van der Waals surface area contributed by atoms with Gasteiger partial charge in [0.05, 0.1) is 23.9 Å². The van der Waals surface area contributed by atoms with Gasteiger partial charge in [-0.2, -0.15) is 0 Å². The van der Waals surface area contributed by atoms with Crippen molar-refractivity contribution in [2.45, 2.75) is 6.61 Å². The van der Waals surface area contributed by atoms with Crippen molar-refractivity contribution in [1.29, 1.82) is 0 Å². The van der Waals surface area contributed by atoms with E-state index in [0.29, 0.717) is 21.5 Å². The molecule has 4 aromatic rings. The molecule has 4 nitrogen and oxygen atoms in total. The molecule has 4 rings (SSSR count). The van der Waals surface area contributed by atoms with E-state index in [2.05, 4.69) is 25.9 Å². The summed E-state index contributed by atoms with van der Waals surface area (Å²) in [5.74, 6) is 1.76. The highest BCUT2D eigenvalue weighted by Gasteiger charge is 2.12. The van der Waals surface area contributed by atoms with Crippen LogP contribution in [0.1, 0.15) is 5.56 Å². The predicted molar refractivity (Wildman–Crippen MR) is 112 cm³/mol. The number of benzene rings is 2. The summed E-state index contributed by atoms with van der Waals surface area (Å²) in [4.78, 5) is 8.84. The molecule has 28 heavy (non-hydrogen) atoms. The van der Waals surface area contributed by atoms with Crippen LogP contribution in [-0.4, -0.2) is 17.1 Å². The molecule has 142 valence electrons. The van der Waals surface area contributed by atoms with Crippen molar-refractivity contribution < 1.29 is 13.9 Å². The molecule has 0 aliphatic carbocycles. The molecule has 0 saturated carbocycles. The number of nitrogens with zero attached hydrogens (tertiary/aromatic N) is 1. The average molecular weight is 459 g/mol. The van der Waals surface area contributed by atoms with E-state index < -0.39 is 0 Å². The summed E-state index contributed by atoms with van der Waals surface area (Å²) in [6, 6.07) is 14.4. The minimum Gasteiger partial charge on any atom is -0.496 e. The van der Waals surface area contributed by atoms with Gasteiger partial charge in [-0.05, 0) is 35.7 Å². The number of hydrogen-bond donors (Lipinski definition) is 1. The third-order valence-corrected chi connectivity index (χ3v) is 5.57. The van der Waals surface area contributed by atoms with Crippen LogP contribution in [0.15, 0.2) is 64.6 Å². The summed E-state index contributed by atoms with van der Waals surface area (Å²) in [5, 5.41) is 2.01. The topological polar surface area (TPSA) is 47.1 Å². The van der Waals surface area contributed by atoms with Crippen LogP contribution in [0.25, 0.3) is 22.0 Å². The zero-order valence-corrected chi connectivity index (χ0v) is 17.3. The number of imidazole rings is 1. The monoisotopic (exact) mass is 458 g/mol. The molecule has 0 spiro atoms. The molecule has 2 aromatic heterocycles. The maximum absolute atomic E-state index is 14.0. The summed E-state index contributed by atoms with van der Waals surface area (Å²) >= 11 is 4.88. The van der Waals surface area contributed by atoms with Gasteiger partial charge in [-0.1, -0.05) is 28.1 Å². The standard InChI is InChI=1S/C21H16BrFN2O2S/c1-26-19-10-15(27-12-13-4-5-14(22)9-17(13)23)6-7-16(19)18-11-24-21(25-18)20-3-2-8-28-20/h2-11H,12H2,1H3,(H,24,25). The highest BCUT2D eigenvalue weighted by Crippen LogP contribution is 2.34. The van der Waals surface area contributed by atoms with Crippen LogP contribution in [0.2, 0.25) is 0 Å². The van der Waals surface area contributed by atoms with Crippen molar-refractivity contribution in [3.8, 4) is 33.5 Å². The van der Waals surface area contributed by atoms with Gasteiger partial charge < -0.3 is 14.5 Å². The Bertz CT molecular complexity index is 1100. The van der Waals surface area contributed by atoms with Gasteiger partial charge in [0.2, 0.25) is 0 Å². The third kappa shape index (κ3) is 3.95. The van der Waals surface area contributed by atoms with Gasteiger partial charge in [0.1, 0.15) is 29.7 Å². The van der Waals surface area contributed by atoms with E-state index in [-0.39, 0.29) is 12.4 Å². The van der Waals surface area contributed by atoms with Crippen molar-refractivity contribution in [1.82, 2.24) is 9.97 Å². The number of hydrogen-bond acceptors (Lipinski definition) is 4. The number of thiophene rings is 1. The molecule has 0 aliphatic heterocycles. The second kappa shape index (κ2) is 8.16. The quantitative estimate of drug-likeness (QED) is 0.369. The largest absolute Gasteiger partial charge is 0.496 e. The molecule has 0 bridgehead atoms. The second-order valence-corrected chi connectivity index (χ2v) is 7.87. The molecule has 2 heterocycles. The van der Waals surface area contributed by atoms with Crippen molar-refractivity contribution in [2.75, 3.05) is 7.11 Å². The number of methoxy groups -OCH3 is 1. The Hall–Kier alpha value is -2.64. The van der Waals surface area contributed by atoms with E-state index in [9.17, 15) is 4.39 Å². The summed E-state index contributed by atoms with van der Waals surface area (Å²) in [6.45, 7) is 0.133. The zero-order chi connectivity index (χ0) is 19.5. The molecular formula is C21H16BrFN2O2S. The van der Waals surface area contributed by atoms with Crippen LogP contribution >= 0.6 is 27.3 Å². The van der Waals surface area contributed by atoms with Gasteiger partial charge in [-0.15, -0.1) is 11.3 Å². The zero-order valence-electron chi connectivity index (χ0n) is 14.9. The Morgan fingerprint density at radius 1 is 1.18 bits per heavy atom. The van der Waals surface area contributed by atoms with E-state index in [4.69, 9.17) is 9.47 Å². The number of rotatable bonds is 6. The molecule has 7 heteroatoms. The Balaban J connectivity index is 1.54. The van der Waals surface area contributed by atoms with Crippen molar-refractivity contribution in [2.24, 2.45) is 0 Å². The molecule has 0 amide bonds. The van der Waals surface area contributed by atoms with E-state index in [1.807, 2.05) is 29.6 Å². The lowest BCUT2D eigenvalue weighted by Gasteiger charge is -2.11. The van der Waals surface area contributed by atoms with Crippen LogP contribution in [0.4, 0.5) is 4.39 Å². The highest BCUT2D eigenvalue weighted by atomic mass is 79.9. The van der Waals surface area contributed by atoms with Gasteiger partial charge in [0.25, 0.3) is 0 Å². The lowest BCUT2D eigenvalue weighted by Crippen LogP contribution is -1.99. The number of aromatic nitrogens is 2. The van der Waals surface area contributed by atoms with Gasteiger partial charge >= 0.3 is 0 Å². The summed E-state index contributed by atoms with van der Waals surface area (Å²) in [7, 11) is 1.60. The number of ether oxygens (including phenoxy) is 2. The number of nitrogens with one attached hydrogen (secondary N) is 1. The Kier molecular flexibility index (Phi) is 5.45. The number of aromatic amines is 1. The van der Waals surface area contributed by atoms with Crippen molar-refractivity contribution >= 4 is 27.3 Å². The van der Waals surface area contributed by atoms with Crippen LogP contribution in [-0.2, 0) is 6.61 Å². The maximum atomic E-state index is 14.0. The molecule has 0 aliphatic rings. The summed E-state index contributed by atoms with van der Waals surface area (Å²) in [5.41, 5.74) is 2.21. The first-order chi connectivity index (χ1) is 13.6. The first-order valence-electron chi connectivity index (χ1n) is 8.48. The SMILES string of the molecule is COc1cc(OCc2ccc(Br)cc2F)ccc1-c1cnc(-c2cccs2)[nH]1. The fourth-order valence-corrected chi connectivity index (χ4v) is 3.79. The van der Waals surface area contributed by atoms with E-state index in [1.54, 1.807) is 42.8 Å². The lowest BCUT2D eigenvalue weighted by atomic mass is 10.1. The van der Waals surface area contributed by atoms with Crippen molar-refractivity contribution in [3.63, 3.8) is 0 Å². The van der Waals surface area contributed by atoms with Gasteiger partial charge in [-0.3, -0.25) is 0 Å². The fraction of sp³-hybridized carbons (Fsp3) is 0.0952. The second-order valence-electron chi connectivity index (χ2n) is 6.01. The van der Waals surface area contributed by atoms with Gasteiger partial charge in [-0.25, -0.2) is 9.37 Å². The average Bonchev–Trinajstić information content (AvgIpc) is 3.39. The maximum Gasteiger partial charge on any atom is 0.147 e. The normalized spacial score (nSPS) is 10.8. The molecule has 0 fully saturated rings. The summed E-state index contributed by atoms with van der Waals surface area (Å²) in [6.07, 6.45) is 1.78. The molecule has 1 N–H and O–H groups in total. The number of H-pyrrole nitrogens is 1. The van der Waals surface area contributed by atoms with Gasteiger partial charge in [0, 0.05) is 21.7 Å². The van der Waals surface area contributed by atoms with Crippen LogP contribution in [0.5, 0.6) is 11.5 Å². The molecular weight excluding hydrogens is 443 g/mol. The third-order valence-electron chi connectivity index (χ3n) is 4.20. The highest BCUT2D eigenvalue weighted by molar-refractivity contribution is 9.10. The fourth-order valence-electron chi connectivity index (χ4n) is 2.78. The summed E-state index contributed by atoms with van der Waals surface area (Å²) < 4.78 is 25.9. The van der Waals surface area contributed by atoms with Crippen LogP contribution in [0, 0.1) is 5.82 Å². The van der Waals surface area contributed by atoms with E-state index in [0.717, 1.165) is 22.0 Å². The molecule has 0 unspecified atom stereocenters. The van der Waals surface area contributed by atoms with E-state index >= 15 is 0 Å². The smallest absolute Gasteiger partial charge is 0.147 e. The van der Waals surface area contributed by atoms with Crippen LogP contribution < -0.4 is 9.47 Å². The first kappa shape index (κ1) is 18.7. The predicted octanol–water partition coefficient (Wildman–Crippen LogP) is 6.29. The Morgan fingerprint density at radius 2 is 2.07 bits per heavy atom. The van der Waals surface area contributed by atoms with Gasteiger partial charge in [0.15, 0.2) is 0 Å². The van der Waals surface area contributed by atoms with Crippen molar-refractivity contribution in [3.05, 3.63) is 76.0 Å². The number of halogens is 2. The molecule has 0 saturated heterocycles. The molecule has 0 radical (unpaired) electrons. The minimum absolute atomic E-state index is 0.133. The lowest BCUT2D eigenvalue weighted by molar-refractivity contribution is 0.297. The van der Waals surface area contributed by atoms with E-state index in [1.165, 1.54) is 6.07 Å². The van der Waals surface area contributed by atoms with Crippen LogP contribution in [0.3, 0.4) is 0 Å². The minimum atomic E-state index is -0.309. The first-order valence-corrected chi connectivity index (χ1v) is 10.2. The Labute approximate surface area is 174 Å². The Morgan fingerprint density at radius 3 is 2.82 bits per heavy atom. The molecule has 0 atom stereocenters. The molecule has 2 aromatic carbocycles.